The maximum atomic E-state index is 12.6. The van der Waals surface area contributed by atoms with Crippen molar-refractivity contribution in [2.45, 2.75) is 19.5 Å². The van der Waals surface area contributed by atoms with Gasteiger partial charge in [-0.25, -0.2) is 4.98 Å². The minimum atomic E-state index is -0.0377. The number of fused-ring (bicyclic) bond motifs is 2. The number of H-pyrrole nitrogens is 2. The summed E-state index contributed by atoms with van der Waals surface area (Å²) in [6.45, 7) is 2.35. The Morgan fingerprint density at radius 2 is 1.96 bits per heavy atom. The van der Waals surface area contributed by atoms with E-state index < -0.39 is 0 Å². The lowest BCUT2D eigenvalue weighted by atomic mass is 10.0. The fourth-order valence-corrected chi connectivity index (χ4v) is 3.86. The lowest BCUT2D eigenvalue weighted by Crippen LogP contribution is -2.35. The summed E-state index contributed by atoms with van der Waals surface area (Å²) in [6, 6.07) is 16.0. The summed E-state index contributed by atoms with van der Waals surface area (Å²) in [4.78, 5) is 25.9. The predicted molar refractivity (Wildman–Crippen MR) is 111 cm³/mol. The average molecular weight is 371 g/mol. The molecule has 0 aliphatic carbocycles. The number of hydrogen-bond donors (Lipinski definition) is 3. The van der Waals surface area contributed by atoms with E-state index in [0.717, 1.165) is 35.4 Å². The van der Waals surface area contributed by atoms with Gasteiger partial charge < -0.3 is 15.7 Å². The molecule has 0 spiro atoms. The van der Waals surface area contributed by atoms with Gasteiger partial charge in [0, 0.05) is 48.2 Å². The average Bonchev–Trinajstić information content (AvgIpc) is 3.16. The molecular formula is C22H21N5O. The molecule has 6 heteroatoms. The smallest absolute Gasteiger partial charge is 0.254 e. The molecule has 4 N–H and O–H groups in total. The lowest BCUT2D eigenvalue weighted by molar-refractivity contribution is 0.240. The van der Waals surface area contributed by atoms with Gasteiger partial charge >= 0.3 is 0 Å². The topological polar surface area (TPSA) is 90.8 Å². The molecule has 6 nitrogen and oxygen atoms in total. The first-order chi connectivity index (χ1) is 13.7. The van der Waals surface area contributed by atoms with E-state index in [1.54, 1.807) is 0 Å². The Morgan fingerprint density at radius 3 is 2.82 bits per heavy atom. The highest BCUT2D eigenvalue weighted by Crippen LogP contribution is 2.22. The molecule has 0 bridgehead atoms. The van der Waals surface area contributed by atoms with Crippen LogP contribution in [-0.2, 0) is 19.5 Å². The van der Waals surface area contributed by atoms with Crippen molar-refractivity contribution in [1.82, 2.24) is 19.9 Å². The van der Waals surface area contributed by atoms with Crippen molar-refractivity contribution in [3.63, 3.8) is 0 Å². The molecule has 1 aliphatic heterocycles. The molecular weight excluding hydrogens is 350 g/mol. The second kappa shape index (κ2) is 6.65. The monoisotopic (exact) mass is 371 g/mol. The van der Waals surface area contributed by atoms with Crippen molar-refractivity contribution in [3.05, 3.63) is 81.9 Å². The van der Waals surface area contributed by atoms with Gasteiger partial charge in [-0.2, -0.15) is 0 Å². The van der Waals surface area contributed by atoms with Crippen LogP contribution in [0.3, 0.4) is 0 Å². The summed E-state index contributed by atoms with van der Waals surface area (Å²) < 4.78 is 0. The number of anilines is 1. The first-order valence-electron chi connectivity index (χ1n) is 9.42. The highest BCUT2D eigenvalue weighted by molar-refractivity contribution is 5.79. The van der Waals surface area contributed by atoms with E-state index in [1.807, 2.05) is 30.5 Å². The number of nitrogen functional groups attached to an aromatic ring is 1. The van der Waals surface area contributed by atoms with Crippen molar-refractivity contribution in [2.24, 2.45) is 0 Å². The maximum absolute atomic E-state index is 12.6. The van der Waals surface area contributed by atoms with Crippen LogP contribution in [0.4, 0.5) is 5.69 Å². The van der Waals surface area contributed by atoms with Gasteiger partial charge in [-0.1, -0.05) is 12.1 Å². The first-order valence-corrected chi connectivity index (χ1v) is 9.42. The number of hydrogen-bond acceptors (Lipinski definition) is 4. The fourth-order valence-electron chi connectivity index (χ4n) is 3.86. The van der Waals surface area contributed by atoms with Crippen LogP contribution in [0.25, 0.3) is 22.3 Å². The number of rotatable bonds is 3. The summed E-state index contributed by atoms with van der Waals surface area (Å²) in [7, 11) is 0. The quantitative estimate of drug-likeness (QED) is 0.483. The van der Waals surface area contributed by atoms with Gasteiger partial charge in [0.1, 0.15) is 5.82 Å². The minimum Gasteiger partial charge on any atom is -0.399 e. The van der Waals surface area contributed by atoms with E-state index in [4.69, 9.17) is 10.7 Å². The third-order valence-electron chi connectivity index (χ3n) is 5.36. The Balaban J connectivity index is 1.42. The molecule has 140 valence electrons. The predicted octanol–water partition coefficient (Wildman–Crippen LogP) is 3.06. The summed E-state index contributed by atoms with van der Waals surface area (Å²) in [5.41, 5.74) is 11.3. The number of nitrogens with zero attached hydrogens (tertiary/aromatic N) is 2. The van der Waals surface area contributed by atoms with Crippen LogP contribution in [0.1, 0.15) is 16.8 Å². The van der Waals surface area contributed by atoms with Crippen LogP contribution in [-0.4, -0.2) is 26.4 Å². The van der Waals surface area contributed by atoms with Crippen LogP contribution >= 0.6 is 0 Å². The van der Waals surface area contributed by atoms with Crippen LogP contribution in [0.2, 0.25) is 0 Å². The van der Waals surface area contributed by atoms with Crippen molar-refractivity contribution in [2.75, 3.05) is 12.3 Å². The number of aromatic nitrogens is 3. The van der Waals surface area contributed by atoms with Crippen molar-refractivity contribution in [3.8, 4) is 11.4 Å². The summed E-state index contributed by atoms with van der Waals surface area (Å²) in [5, 5.41) is 1.22. The third kappa shape index (κ3) is 3.08. The summed E-state index contributed by atoms with van der Waals surface area (Å²) >= 11 is 0. The minimum absolute atomic E-state index is 0.0377. The van der Waals surface area contributed by atoms with Crippen LogP contribution < -0.4 is 11.3 Å². The van der Waals surface area contributed by atoms with E-state index in [0.29, 0.717) is 24.5 Å². The summed E-state index contributed by atoms with van der Waals surface area (Å²) in [6.07, 6.45) is 2.67. The van der Waals surface area contributed by atoms with E-state index >= 15 is 0 Å². The van der Waals surface area contributed by atoms with Gasteiger partial charge in [0.25, 0.3) is 5.56 Å². The normalized spacial score (nSPS) is 14.3. The first kappa shape index (κ1) is 16.8. The molecule has 0 atom stereocenters. The Bertz CT molecular complexity index is 1210. The van der Waals surface area contributed by atoms with Gasteiger partial charge in [-0.15, -0.1) is 0 Å². The van der Waals surface area contributed by atoms with Crippen LogP contribution in [0.15, 0.2) is 59.5 Å². The molecule has 3 heterocycles. The van der Waals surface area contributed by atoms with Crippen molar-refractivity contribution < 1.29 is 0 Å². The van der Waals surface area contributed by atoms with E-state index in [9.17, 15) is 4.79 Å². The molecule has 0 fully saturated rings. The molecule has 28 heavy (non-hydrogen) atoms. The van der Waals surface area contributed by atoms with Crippen molar-refractivity contribution in [1.29, 1.82) is 0 Å². The maximum Gasteiger partial charge on any atom is 0.254 e. The van der Waals surface area contributed by atoms with Gasteiger partial charge in [0.05, 0.1) is 5.69 Å². The van der Waals surface area contributed by atoms with Gasteiger partial charge in [-0.3, -0.25) is 9.69 Å². The van der Waals surface area contributed by atoms with Crippen LogP contribution in [0, 0.1) is 0 Å². The molecule has 0 saturated heterocycles. The largest absolute Gasteiger partial charge is 0.399 e. The van der Waals surface area contributed by atoms with E-state index in [1.165, 1.54) is 10.9 Å². The SMILES string of the molecule is Nc1ccc(-c2nc3c(c(=O)[nH]2)CCN(Cc2ccc4cc[nH]c4c2)C3)cc1. The highest BCUT2D eigenvalue weighted by Gasteiger charge is 2.21. The van der Waals surface area contributed by atoms with E-state index in [2.05, 4.69) is 39.1 Å². The van der Waals surface area contributed by atoms with Gasteiger partial charge in [-0.05, 0) is 53.8 Å². The molecule has 0 saturated carbocycles. The zero-order valence-corrected chi connectivity index (χ0v) is 15.4. The zero-order valence-electron chi connectivity index (χ0n) is 15.4. The number of nitrogens with one attached hydrogen (secondary N) is 2. The molecule has 0 unspecified atom stereocenters. The molecule has 4 aromatic rings. The molecule has 0 amide bonds. The van der Waals surface area contributed by atoms with Crippen LogP contribution in [0.5, 0.6) is 0 Å². The van der Waals surface area contributed by atoms with Gasteiger partial charge in [0.2, 0.25) is 0 Å². The number of aromatic amines is 2. The molecule has 2 aromatic heterocycles. The molecule has 5 rings (SSSR count). The van der Waals surface area contributed by atoms with E-state index in [-0.39, 0.29) is 5.56 Å². The molecule has 1 aliphatic rings. The molecule has 0 radical (unpaired) electrons. The number of benzene rings is 2. The Kier molecular flexibility index (Phi) is 3.98. The number of nitrogens with two attached hydrogens (primary N) is 1. The Labute approximate surface area is 162 Å². The highest BCUT2D eigenvalue weighted by atomic mass is 16.1. The fraction of sp³-hybridized carbons (Fsp3) is 0.182. The Hall–Kier alpha value is -3.38. The lowest BCUT2D eigenvalue weighted by Gasteiger charge is -2.27. The second-order valence-corrected chi connectivity index (χ2v) is 7.32. The van der Waals surface area contributed by atoms with Gasteiger partial charge in [0.15, 0.2) is 0 Å². The Morgan fingerprint density at radius 1 is 1.11 bits per heavy atom. The summed E-state index contributed by atoms with van der Waals surface area (Å²) in [5.74, 6) is 0.596. The molecule has 2 aromatic carbocycles. The third-order valence-corrected chi connectivity index (χ3v) is 5.36. The standard InChI is InChI=1S/C22H21N5O/c23-17-5-3-16(4-6-17)21-25-20-13-27(10-8-18(20)22(28)26-21)12-14-1-2-15-7-9-24-19(15)11-14/h1-7,9,11,24H,8,10,12-13,23H2,(H,25,26,28). The second-order valence-electron chi connectivity index (χ2n) is 7.32. The zero-order chi connectivity index (χ0) is 19.1. The van der Waals surface area contributed by atoms with Crippen molar-refractivity contribution >= 4 is 16.6 Å².